The Bertz CT molecular complexity index is 255. The number of ether oxygens (including phenoxy) is 1. The molecule has 1 aromatic heterocycles. The number of pyridine rings is 1. The third-order valence-electron chi connectivity index (χ3n) is 1.57. The lowest BCUT2D eigenvalue weighted by molar-refractivity contribution is 0.199. The second kappa shape index (κ2) is 6.07. The van der Waals surface area contributed by atoms with Gasteiger partial charge >= 0.3 is 0 Å². The number of halogens is 1. The van der Waals surface area contributed by atoms with Crippen molar-refractivity contribution in [3.63, 3.8) is 0 Å². The predicted octanol–water partition coefficient (Wildman–Crippen LogP) is 1.58. The topological polar surface area (TPSA) is 34.1 Å². The first-order valence-corrected chi connectivity index (χ1v) is 4.92. The smallest absolute Gasteiger partial charge is 0.0587 e. The molecule has 1 aromatic rings. The van der Waals surface area contributed by atoms with Gasteiger partial charge in [-0.2, -0.15) is 0 Å². The zero-order valence-electron chi connectivity index (χ0n) is 7.59. The van der Waals surface area contributed by atoms with Crippen molar-refractivity contribution in [1.29, 1.82) is 0 Å². The maximum absolute atomic E-state index is 4.91. The van der Waals surface area contributed by atoms with Gasteiger partial charge in [0.2, 0.25) is 0 Å². The van der Waals surface area contributed by atoms with Crippen LogP contribution in [0.1, 0.15) is 5.69 Å². The van der Waals surface area contributed by atoms with E-state index < -0.39 is 0 Å². The highest BCUT2D eigenvalue weighted by molar-refractivity contribution is 9.10. The number of nitrogens with one attached hydrogen (secondary N) is 1. The molecule has 0 radical (unpaired) electrons. The Kier molecular flexibility index (Phi) is 4.97. The molecule has 0 aromatic carbocycles. The van der Waals surface area contributed by atoms with Crippen molar-refractivity contribution in [2.24, 2.45) is 0 Å². The van der Waals surface area contributed by atoms with Gasteiger partial charge in [-0.1, -0.05) is 15.9 Å². The summed E-state index contributed by atoms with van der Waals surface area (Å²) in [7, 11) is 1.69. The van der Waals surface area contributed by atoms with E-state index in [9.17, 15) is 0 Å². The molecule has 3 nitrogen and oxygen atoms in total. The molecule has 1 rings (SSSR count). The molecule has 0 spiro atoms. The van der Waals surface area contributed by atoms with Crippen LogP contribution in [-0.2, 0) is 11.3 Å². The van der Waals surface area contributed by atoms with Gasteiger partial charge in [-0.15, -0.1) is 0 Å². The number of nitrogens with zero attached hydrogens (tertiary/aromatic N) is 1. The molecule has 72 valence electrons. The van der Waals surface area contributed by atoms with E-state index in [0.29, 0.717) is 0 Å². The Morgan fingerprint density at radius 3 is 3.15 bits per heavy atom. The molecule has 1 N–H and O–H groups in total. The van der Waals surface area contributed by atoms with Gasteiger partial charge in [-0.25, -0.2) is 0 Å². The average Bonchev–Trinajstić information content (AvgIpc) is 2.13. The SMILES string of the molecule is COCCNCc1cc(Br)ccn1. The monoisotopic (exact) mass is 244 g/mol. The molecular formula is C9H13BrN2O. The Morgan fingerprint density at radius 2 is 2.46 bits per heavy atom. The van der Waals surface area contributed by atoms with E-state index in [2.05, 4.69) is 26.2 Å². The second-order valence-electron chi connectivity index (χ2n) is 2.63. The molecule has 0 atom stereocenters. The lowest BCUT2D eigenvalue weighted by Crippen LogP contribution is -2.19. The summed E-state index contributed by atoms with van der Waals surface area (Å²) in [5.41, 5.74) is 1.03. The molecule has 0 aliphatic carbocycles. The van der Waals surface area contributed by atoms with Crippen molar-refractivity contribution in [3.05, 3.63) is 28.5 Å². The van der Waals surface area contributed by atoms with Crippen molar-refractivity contribution in [1.82, 2.24) is 10.3 Å². The van der Waals surface area contributed by atoms with Gasteiger partial charge < -0.3 is 10.1 Å². The number of methoxy groups -OCH3 is 1. The van der Waals surface area contributed by atoms with Crippen LogP contribution in [0.3, 0.4) is 0 Å². The zero-order chi connectivity index (χ0) is 9.52. The van der Waals surface area contributed by atoms with Crippen LogP contribution in [0.4, 0.5) is 0 Å². The summed E-state index contributed by atoms with van der Waals surface area (Å²) in [5, 5.41) is 3.22. The van der Waals surface area contributed by atoms with Crippen LogP contribution in [0.5, 0.6) is 0 Å². The van der Waals surface area contributed by atoms with Crippen LogP contribution in [0, 0.1) is 0 Å². The number of aromatic nitrogens is 1. The normalized spacial score (nSPS) is 10.3. The van der Waals surface area contributed by atoms with Crippen LogP contribution in [0.2, 0.25) is 0 Å². The summed E-state index contributed by atoms with van der Waals surface area (Å²) < 4.78 is 5.97. The first kappa shape index (κ1) is 10.6. The van der Waals surface area contributed by atoms with Crippen molar-refractivity contribution in [2.75, 3.05) is 20.3 Å². The zero-order valence-corrected chi connectivity index (χ0v) is 9.17. The Balaban J connectivity index is 2.28. The lowest BCUT2D eigenvalue weighted by Gasteiger charge is -2.03. The van der Waals surface area contributed by atoms with Gasteiger partial charge in [-0.3, -0.25) is 4.98 Å². The lowest BCUT2D eigenvalue weighted by atomic mass is 10.3. The molecule has 0 aliphatic rings. The van der Waals surface area contributed by atoms with E-state index in [4.69, 9.17) is 4.74 Å². The van der Waals surface area contributed by atoms with E-state index in [0.717, 1.165) is 29.9 Å². The van der Waals surface area contributed by atoms with E-state index in [-0.39, 0.29) is 0 Å². The van der Waals surface area contributed by atoms with Gasteiger partial charge in [0.25, 0.3) is 0 Å². The summed E-state index contributed by atoms with van der Waals surface area (Å²) >= 11 is 3.39. The molecule has 0 fully saturated rings. The Labute approximate surface area is 86.6 Å². The van der Waals surface area contributed by atoms with Gasteiger partial charge in [0.15, 0.2) is 0 Å². The molecule has 0 bridgehead atoms. The minimum absolute atomic E-state index is 0.730. The highest BCUT2D eigenvalue weighted by Gasteiger charge is 1.94. The third-order valence-corrected chi connectivity index (χ3v) is 2.06. The molecule has 4 heteroatoms. The molecule has 0 amide bonds. The molecule has 13 heavy (non-hydrogen) atoms. The number of hydrogen-bond donors (Lipinski definition) is 1. The Hall–Kier alpha value is -0.450. The average molecular weight is 245 g/mol. The molecule has 0 aliphatic heterocycles. The fourth-order valence-electron chi connectivity index (χ4n) is 0.936. The van der Waals surface area contributed by atoms with Crippen LogP contribution in [0.25, 0.3) is 0 Å². The summed E-state index contributed by atoms with van der Waals surface area (Å²) in [6, 6.07) is 3.92. The maximum Gasteiger partial charge on any atom is 0.0587 e. The fourth-order valence-corrected chi connectivity index (χ4v) is 1.32. The van der Waals surface area contributed by atoms with Gasteiger partial charge in [-0.05, 0) is 12.1 Å². The quantitative estimate of drug-likeness (QED) is 0.800. The van der Waals surface area contributed by atoms with Crippen molar-refractivity contribution in [3.8, 4) is 0 Å². The van der Waals surface area contributed by atoms with Gasteiger partial charge in [0.05, 0.1) is 12.3 Å². The highest BCUT2D eigenvalue weighted by Crippen LogP contribution is 2.08. The van der Waals surface area contributed by atoms with E-state index >= 15 is 0 Å². The molecular weight excluding hydrogens is 232 g/mol. The van der Waals surface area contributed by atoms with Crippen LogP contribution >= 0.6 is 15.9 Å². The number of rotatable bonds is 5. The molecule has 1 heterocycles. The van der Waals surface area contributed by atoms with Crippen LogP contribution in [-0.4, -0.2) is 25.2 Å². The van der Waals surface area contributed by atoms with Crippen LogP contribution < -0.4 is 5.32 Å². The van der Waals surface area contributed by atoms with E-state index in [1.165, 1.54) is 0 Å². The largest absolute Gasteiger partial charge is 0.383 e. The van der Waals surface area contributed by atoms with Crippen molar-refractivity contribution >= 4 is 15.9 Å². The summed E-state index contributed by atoms with van der Waals surface area (Å²) in [6.45, 7) is 2.36. The molecule has 0 saturated carbocycles. The summed E-state index contributed by atoms with van der Waals surface area (Å²) in [5.74, 6) is 0. The van der Waals surface area contributed by atoms with Gasteiger partial charge in [0, 0.05) is 30.9 Å². The highest BCUT2D eigenvalue weighted by atomic mass is 79.9. The molecule has 0 unspecified atom stereocenters. The van der Waals surface area contributed by atoms with E-state index in [1.807, 2.05) is 12.1 Å². The first-order valence-electron chi connectivity index (χ1n) is 4.13. The fraction of sp³-hybridized carbons (Fsp3) is 0.444. The second-order valence-corrected chi connectivity index (χ2v) is 3.55. The summed E-state index contributed by atoms with van der Waals surface area (Å²) in [4.78, 5) is 4.20. The number of hydrogen-bond acceptors (Lipinski definition) is 3. The van der Waals surface area contributed by atoms with Crippen LogP contribution in [0.15, 0.2) is 22.8 Å². The molecule has 0 saturated heterocycles. The predicted molar refractivity (Wildman–Crippen MR) is 55.5 cm³/mol. The first-order chi connectivity index (χ1) is 6.33. The summed E-state index contributed by atoms with van der Waals surface area (Å²) in [6.07, 6.45) is 1.79. The minimum atomic E-state index is 0.730. The van der Waals surface area contributed by atoms with Crippen molar-refractivity contribution in [2.45, 2.75) is 6.54 Å². The third kappa shape index (κ3) is 4.36. The maximum atomic E-state index is 4.91. The standard InChI is InChI=1S/C9H13BrN2O/c1-13-5-4-11-7-9-6-8(10)2-3-12-9/h2-3,6,11H,4-5,7H2,1H3. The van der Waals surface area contributed by atoms with E-state index in [1.54, 1.807) is 13.3 Å². The van der Waals surface area contributed by atoms with Gasteiger partial charge in [0.1, 0.15) is 0 Å². The van der Waals surface area contributed by atoms with Crippen molar-refractivity contribution < 1.29 is 4.74 Å². The Morgan fingerprint density at radius 1 is 1.62 bits per heavy atom. The minimum Gasteiger partial charge on any atom is -0.383 e.